The highest BCUT2D eigenvalue weighted by Gasteiger charge is 2.27. The predicted octanol–water partition coefficient (Wildman–Crippen LogP) is 5.49. The second-order valence-corrected chi connectivity index (χ2v) is 10.7. The molecule has 2 aromatic carbocycles. The molecule has 1 aliphatic rings. The maximum Gasteiger partial charge on any atom is 0.338 e. The molecule has 0 radical (unpaired) electrons. The number of carbonyl (C=O) groups is 3. The van der Waals surface area contributed by atoms with Crippen molar-refractivity contribution in [2.45, 2.75) is 83.4 Å². The summed E-state index contributed by atoms with van der Waals surface area (Å²) in [6.07, 6.45) is 3.21. The van der Waals surface area contributed by atoms with Crippen LogP contribution in [0.3, 0.4) is 0 Å². The SMILES string of the molecule is C=CC(=O)OC(COCCCCOC(=O)CC)COc1ccc(C(O)OC2CCC(OC(=O)c3ccc(OCC)cc3)CC2)cc1. The highest BCUT2D eigenvalue weighted by Crippen LogP contribution is 2.29. The molecule has 11 nitrogen and oxygen atoms in total. The van der Waals surface area contributed by atoms with Crippen molar-refractivity contribution in [2.75, 3.05) is 33.0 Å². The van der Waals surface area contributed by atoms with E-state index in [1.807, 2.05) is 6.92 Å². The van der Waals surface area contributed by atoms with Crippen LogP contribution in [0.25, 0.3) is 0 Å². The van der Waals surface area contributed by atoms with E-state index in [4.69, 9.17) is 33.2 Å². The van der Waals surface area contributed by atoms with Gasteiger partial charge in [0.25, 0.3) is 0 Å². The lowest BCUT2D eigenvalue weighted by Crippen LogP contribution is -2.29. The first-order valence-corrected chi connectivity index (χ1v) is 15.9. The van der Waals surface area contributed by atoms with E-state index in [1.165, 1.54) is 0 Å². The molecule has 0 bridgehead atoms. The summed E-state index contributed by atoms with van der Waals surface area (Å²) in [5.74, 6) is 0.0413. The van der Waals surface area contributed by atoms with Gasteiger partial charge in [-0.25, -0.2) is 9.59 Å². The van der Waals surface area contributed by atoms with Crippen LogP contribution in [0, 0.1) is 0 Å². The Morgan fingerprint density at radius 2 is 1.50 bits per heavy atom. The van der Waals surface area contributed by atoms with Crippen molar-refractivity contribution in [2.24, 2.45) is 0 Å². The van der Waals surface area contributed by atoms with Crippen LogP contribution in [0.1, 0.15) is 81.0 Å². The zero-order valence-electron chi connectivity index (χ0n) is 26.7. The quantitative estimate of drug-likeness (QED) is 0.0646. The zero-order chi connectivity index (χ0) is 33.1. The number of benzene rings is 2. The lowest BCUT2D eigenvalue weighted by Gasteiger charge is -2.30. The molecule has 2 unspecified atom stereocenters. The molecule has 0 aliphatic heterocycles. The molecule has 0 saturated heterocycles. The number of rotatable bonds is 20. The molecule has 1 saturated carbocycles. The Labute approximate surface area is 270 Å². The van der Waals surface area contributed by atoms with Crippen LogP contribution in [0.4, 0.5) is 0 Å². The Kier molecular flexibility index (Phi) is 16.1. The number of hydrogen-bond acceptors (Lipinski definition) is 11. The number of esters is 3. The van der Waals surface area contributed by atoms with Gasteiger partial charge in [-0.05, 0) is 81.8 Å². The number of carbonyl (C=O) groups excluding carboxylic acids is 3. The topological polar surface area (TPSA) is 136 Å². The van der Waals surface area contributed by atoms with Gasteiger partial charge in [-0.1, -0.05) is 25.6 Å². The molecule has 46 heavy (non-hydrogen) atoms. The first-order valence-electron chi connectivity index (χ1n) is 15.9. The van der Waals surface area contributed by atoms with Crippen LogP contribution in [0.5, 0.6) is 11.5 Å². The minimum atomic E-state index is -1.12. The Morgan fingerprint density at radius 3 is 2.15 bits per heavy atom. The van der Waals surface area contributed by atoms with Crippen LogP contribution in [-0.4, -0.2) is 74.4 Å². The van der Waals surface area contributed by atoms with Crippen LogP contribution < -0.4 is 9.47 Å². The largest absolute Gasteiger partial charge is 0.494 e. The van der Waals surface area contributed by atoms with Crippen molar-refractivity contribution >= 4 is 17.9 Å². The summed E-state index contributed by atoms with van der Waals surface area (Å²) >= 11 is 0. The summed E-state index contributed by atoms with van der Waals surface area (Å²) in [6.45, 7) is 8.56. The minimum absolute atomic E-state index is 0.0541. The van der Waals surface area contributed by atoms with Gasteiger partial charge < -0.3 is 38.3 Å². The number of aliphatic hydroxyl groups is 1. The number of aliphatic hydroxyl groups excluding tert-OH is 1. The van der Waals surface area contributed by atoms with Crippen molar-refractivity contribution in [3.63, 3.8) is 0 Å². The van der Waals surface area contributed by atoms with Gasteiger partial charge in [0.15, 0.2) is 12.4 Å². The minimum Gasteiger partial charge on any atom is -0.494 e. The van der Waals surface area contributed by atoms with E-state index in [2.05, 4.69) is 6.58 Å². The van der Waals surface area contributed by atoms with Gasteiger partial charge in [-0.2, -0.15) is 0 Å². The van der Waals surface area contributed by atoms with E-state index in [0.29, 0.717) is 87.4 Å². The Balaban J connectivity index is 1.37. The summed E-state index contributed by atoms with van der Waals surface area (Å²) < 4.78 is 38.8. The van der Waals surface area contributed by atoms with Crippen LogP contribution in [0.15, 0.2) is 61.2 Å². The first kappa shape index (κ1) is 36.5. The summed E-state index contributed by atoms with van der Waals surface area (Å²) in [7, 11) is 0. The fourth-order valence-corrected chi connectivity index (χ4v) is 4.68. The lowest BCUT2D eigenvalue weighted by atomic mass is 9.94. The summed E-state index contributed by atoms with van der Waals surface area (Å²) in [5, 5.41) is 10.7. The molecule has 0 amide bonds. The van der Waals surface area contributed by atoms with Crippen LogP contribution in [0.2, 0.25) is 0 Å². The summed E-state index contributed by atoms with van der Waals surface area (Å²) in [4.78, 5) is 35.5. The monoisotopic (exact) mass is 642 g/mol. The molecule has 11 heteroatoms. The molecule has 1 aliphatic carbocycles. The van der Waals surface area contributed by atoms with E-state index in [9.17, 15) is 19.5 Å². The molecule has 1 fully saturated rings. The number of ether oxygens (including phenoxy) is 7. The van der Waals surface area contributed by atoms with Crippen LogP contribution >= 0.6 is 0 Å². The molecule has 2 atom stereocenters. The smallest absolute Gasteiger partial charge is 0.338 e. The molecule has 252 valence electrons. The molecular weight excluding hydrogens is 596 g/mol. The van der Waals surface area contributed by atoms with Gasteiger partial charge in [0.2, 0.25) is 0 Å². The average molecular weight is 643 g/mol. The Bertz CT molecular complexity index is 1200. The normalized spacial score (nSPS) is 17.3. The van der Waals surface area contributed by atoms with E-state index in [-0.39, 0.29) is 37.4 Å². The van der Waals surface area contributed by atoms with Crippen molar-refractivity contribution in [1.29, 1.82) is 0 Å². The van der Waals surface area contributed by atoms with E-state index in [1.54, 1.807) is 55.5 Å². The first-order chi connectivity index (χ1) is 22.3. The van der Waals surface area contributed by atoms with Gasteiger partial charge in [-0.15, -0.1) is 0 Å². The second kappa shape index (κ2) is 20.2. The average Bonchev–Trinajstić information content (AvgIpc) is 3.07. The standard InChI is InChI=1S/C35H46O11/c1-4-32(36)42-22-8-7-21-40-23-31(44-33(37)5-2)24-43-28-15-11-26(12-16-28)35(39)46-30-19-17-29(18-20-30)45-34(38)25-9-13-27(14-10-25)41-6-3/h5,9-16,29-31,35,39H,2,4,6-8,17-24H2,1,3H3. The van der Waals surface area contributed by atoms with Crippen molar-refractivity contribution < 1.29 is 52.6 Å². The third-order valence-corrected chi connectivity index (χ3v) is 7.21. The lowest BCUT2D eigenvalue weighted by molar-refractivity contribution is -0.153. The molecular formula is C35H46O11. The Morgan fingerprint density at radius 1 is 0.870 bits per heavy atom. The highest BCUT2D eigenvalue weighted by atomic mass is 16.6. The van der Waals surface area contributed by atoms with E-state index < -0.39 is 18.4 Å². The zero-order valence-corrected chi connectivity index (χ0v) is 26.7. The molecule has 0 heterocycles. The van der Waals surface area contributed by atoms with E-state index >= 15 is 0 Å². The van der Waals surface area contributed by atoms with Gasteiger partial charge in [0.05, 0.1) is 31.5 Å². The third kappa shape index (κ3) is 13.2. The van der Waals surface area contributed by atoms with Gasteiger partial charge in [0.1, 0.15) is 24.2 Å². The van der Waals surface area contributed by atoms with Crippen molar-refractivity contribution in [3.05, 3.63) is 72.3 Å². The predicted molar refractivity (Wildman–Crippen MR) is 168 cm³/mol. The Hall–Kier alpha value is -3.93. The molecule has 0 spiro atoms. The van der Waals surface area contributed by atoms with Gasteiger partial charge in [-0.3, -0.25) is 4.79 Å². The van der Waals surface area contributed by atoms with E-state index in [0.717, 1.165) is 6.08 Å². The number of unbranched alkanes of at least 4 members (excludes halogenated alkanes) is 1. The summed E-state index contributed by atoms with van der Waals surface area (Å²) in [6, 6.07) is 13.7. The molecule has 1 N–H and O–H groups in total. The van der Waals surface area contributed by atoms with Crippen molar-refractivity contribution in [1.82, 2.24) is 0 Å². The van der Waals surface area contributed by atoms with Crippen molar-refractivity contribution in [3.8, 4) is 11.5 Å². The molecule has 0 aromatic heterocycles. The summed E-state index contributed by atoms with van der Waals surface area (Å²) in [5.41, 5.74) is 1.05. The highest BCUT2D eigenvalue weighted by molar-refractivity contribution is 5.89. The fraction of sp³-hybridized carbons (Fsp3) is 0.514. The maximum absolute atomic E-state index is 12.5. The number of hydrogen-bond donors (Lipinski definition) is 1. The van der Waals surface area contributed by atoms with Gasteiger partial charge in [0, 0.05) is 24.7 Å². The van der Waals surface area contributed by atoms with Gasteiger partial charge >= 0.3 is 17.9 Å². The second-order valence-electron chi connectivity index (χ2n) is 10.7. The molecule has 2 aromatic rings. The third-order valence-electron chi connectivity index (χ3n) is 7.21. The fourth-order valence-electron chi connectivity index (χ4n) is 4.68. The maximum atomic E-state index is 12.5. The molecule has 3 rings (SSSR count). The van der Waals surface area contributed by atoms with Crippen LogP contribution in [-0.2, 0) is 33.3 Å².